The minimum Gasteiger partial charge on any atom is -0.399 e. The third-order valence-corrected chi connectivity index (χ3v) is 4.34. The van der Waals surface area contributed by atoms with Gasteiger partial charge in [-0.15, -0.1) is 0 Å². The fourth-order valence-corrected chi connectivity index (χ4v) is 2.86. The molecule has 3 aromatic rings. The number of nitrogens with two attached hydrogens (primary N) is 2. The number of nitrogen functional groups attached to an aromatic ring is 2. The van der Waals surface area contributed by atoms with Crippen LogP contribution in [0.1, 0.15) is 16.7 Å². The van der Waals surface area contributed by atoms with Crippen LogP contribution < -0.4 is 16.8 Å². The van der Waals surface area contributed by atoms with Gasteiger partial charge in [0.05, 0.1) is 11.9 Å². The fourth-order valence-electron chi connectivity index (χ4n) is 2.56. The molecule has 0 aliphatic heterocycles. The van der Waals surface area contributed by atoms with Gasteiger partial charge in [0.2, 0.25) is 5.28 Å². The molecular weight excluding hydrogens is 371 g/mol. The van der Waals surface area contributed by atoms with Gasteiger partial charge in [-0.1, -0.05) is 23.7 Å². The minimum absolute atomic E-state index is 0.144. The zero-order valence-electron chi connectivity index (χ0n) is 13.9. The van der Waals surface area contributed by atoms with Crippen LogP contribution >= 0.6 is 23.2 Å². The van der Waals surface area contributed by atoms with E-state index in [2.05, 4.69) is 26.3 Å². The highest BCUT2D eigenvalue weighted by atomic mass is 35.5. The summed E-state index contributed by atoms with van der Waals surface area (Å²) in [6, 6.07) is 7.86. The van der Waals surface area contributed by atoms with Gasteiger partial charge in [-0.3, -0.25) is 4.98 Å². The molecule has 0 fully saturated rings. The molecule has 0 aliphatic carbocycles. The van der Waals surface area contributed by atoms with Crippen LogP contribution in [-0.2, 0) is 19.4 Å². The van der Waals surface area contributed by atoms with E-state index in [4.69, 9.17) is 34.7 Å². The average molecular weight is 389 g/mol. The number of rotatable bonds is 6. The number of hydrogen-bond donors (Lipinski definition) is 3. The summed E-state index contributed by atoms with van der Waals surface area (Å²) in [5, 5.41) is 3.72. The van der Waals surface area contributed by atoms with Crippen LogP contribution in [0, 0.1) is 0 Å². The van der Waals surface area contributed by atoms with Gasteiger partial charge in [0.25, 0.3) is 0 Å². The number of halogens is 2. The van der Waals surface area contributed by atoms with Crippen molar-refractivity contribution < 1.29 is 0 Å². The van der Waals surface area contributed by atoms with Gasteiger partial charge in [0, 0.05) is 24.6 Å². The van der Waals surface area contributed by atoms with Gasteiger partial charge in [-0.25, -0.2) is 4.98 Å². The standard InChI is InChI=1S/C18H18Cl2N6/c19-15-10-25-18(20)26-17(15)24-8-11-2-4-16(22)13(5-11)3-1-12-6-14(21)9-23-7-12/h2,4-7,9-10H,1,3,8,21-22H2,(H,24,25,26). The molecule has 3 rings (SSSR count). The molecule has 134 valence electrons. The molecule has 0 spiro atoms. The first-order valence-electron chi connectivity index (χ1n) is 8.00. The van der Waals surface area contributed by atoms with Crippen LogP contribution in [0.25, 0.3) is 0 Å². The highest BCUT2D eigenvalue weighted by Gasteiger charge is 2.06. The maximum absolute atomic E-state index is 6.11. The second-order valence-corrected chi connectivity index (χ2v) is 6.59. The highest BCUT2D eigenvalue weighted by molar-refractivity contribution is 6.33. The van der Waals surface area contributed by atoms with Crippen LogP contribution in [0.15, 0.2) is 42.9 Å². The van der Waals surface area contributed by atoms with Crippen LogP contribution in [0.3, 0.4) is 0 Å². The van der Waals surface area contributed by atoms with Gasteiger partial charge in [0.1, 0.15) is 10.8 Å². The SMILES string of the molecule is Nc1cncc(CCc2cc(CNc3nc(Cl)ncc3Cl)ccc2N)c1. The Morgan fingerprint density at radius 1 is 0.962 bits per heavy atom. The van der Waals surface area contributed by atoms with E-state index in [1.54, 1.807) is 6.20 Å². The van der Waals surface area contributed by atoms with E-state index in [0.717, 1.165) is 35.2 Å². The number of benzene rings is 1. The van der Waals surface area contributed by atoms with Crippen molar-refractivity contribution in [1.82, 2.24) is 15.0 Å². The van der Waals surface area contributed by atoms with Crippen LogP contribution in [0.2, 0.25) is 10.3 Å². The Balaban J connectivity index is 1.68. The lowest BCUT2D eigenvalue weighted by atomic mass is 10.0. The number of aryl methyl sites for hydroxylation is 2. The summed E-state index contributed by atoms with van der Waals surface area (Å²) in [4.78, 5) is 12.0. The molecule has 0 saturated heterocycles. The zero-order valence-corrected chi connectivity index (χ0v) is 15.4. The maximum Gasteiger partial charge on any atom is 0.224 e. The molecule has 5 N–H and O–H groups in total. The predicted molar refractivity (Wildman–Crippen MR) is 106 cm³/mol. The summed E-state index contributed by atoms with van der Waals surface area (Å²) in [6.07, 6.45) is 6.53. The first-order chi connectivity index (χ1) is 12.5. The summed E-state index contributed by atoms with van der Waals surface area (Å²) in [5.41, 5.74) is 16.5. The Labute approximate surface area is 161 Å². The van der Waals surface area contributed by atoms with Crippen molar-refractivity contribution in [1.29, 1.82) is 0 Å². The summed E-state index contributed by atoms with van der Waals surface area (Å²) in [7, 11) is 0. The maximum atomic E-state index is 6.11. The van der Waals surface area contributed by atoms with Crippen molar-refractivity contribution in [3.05, 3.63) is 69.9 Å². The Kier molecular flexibility index (Phi) is 5.75. The van der Waals surface area contributed by atoms with Gasteiger partial charge < -0.3 is 16.8 Å². The first kappa shape index (κ1) is 18.2. The Bertz CT molecular complexity index is 916. The van der Waals surface area contributed by atoms with Crippen molar-refractivity contribution in [2.24, 2.45) is 0 Å². The highest BCUT2D eigenvalue weighted by Crippen LogP contribution is 2.22. The van der Waals surface area contributed by atoms with E-state index in [1.165, 1.54) is 6.20 Å². The molecule has 1 aromatic carbocycles. The molecule has 0 bridgehead atoms. The van der Waals surface area contributed by atoms with E-state index in [9.17, 15) is 0 Å². The van der Waals surface area contributed by atoms with Gasteiger partial charge in [-0.2, -0.15) is 4.98 Å². The van der Waals surface area contributed by atoms with Gasteiger partial charge in [-0.05, 0) is 53.3 Å². The summed E-state index contributed by atoms with van der Waals surface area (Å²) in [5.74, 6) is 0.496. The zero-order chi connectivity index (χ0) is 18.5. The number of anilines is 3. The van der Waals surface area contributed by atoms with Crippen molar-refractivity contribution >= 4 is 40.4 Å². The molecule has 2 heterocycles. The topological polar surface area (TPSA) is 103 Å². The Hall–Kier alpha value is -2.57. The monoisotopic (exact) mass is 388 g/mol. The second kappa shape index (κ2) is 8.21. The van der Waals surface area contributed by atoms with Crippen molar-refractivity contribution in [2.75, 3.05) is 16.8 Å². The third kappa shape index (κ3) is 4.74. The smallest absolute Gasteiger partial charge is 0.224 e. The molecule has 26 heavy (non-hydrogen) atoms. The van der Waals surface area contributed by atoms with Crippen molar-refractivity contribution in [3.8, 4) is 0 Å². The Morgan fingerprint density at radius 2 is 1.81 bits per heavy atom. The first-order valence-corrected chi connectivity index (χ1v) is 8.75. The number of pyridine rings is 1. The third-order valence-electron chi connectivity index (χ3n) is 3.88. The van der Waals surface area contributed by atoms with E-state index >= 15 is 0 Å². The predicted octanol–water partition coefficient (Wildman–Crippen LogP) is 3.74. The molecule has 0 aliphatic rings. The fraction of sp³-hybridized carbons (Fsp3) is 0.167. The van der Waals surface area contributed by atoms with Crippen LogP contribution in [0.4, 0.5) is 17.2 Å². The van der Waals surface area contributed by atoms with E-state index in [0.29, 0.717) is 23.1 Å². The molecular formula is C18H18Cl2N6. The number of hydrogen-bond acceptors (Lipinski definition) is 6. The molecule has 2 aromatic heterocycles. The molecule has 0 saturated carbocycles. The molecule has 0 amide bonds. The minimum atomic E-state index is 0.144. The molecule has 8 heteroatoms. The summed E-state index contributed by atoms with van der Waals surface area (Å²) in [6.45, 7) is 0.542. The van der Waals surface area contributed by atoms with Gasteiger partial charge in [0.15, 0.2) is 0 Å². The lowest BCUT2D eigenvalue weighted by Gasteiger charge is -2.11. The normalized spacial score (nSPS) is 10.7. The van der Waals surface area contributed by atoms with Crippen LogP contribution in [0.5, 0.6) is 0 Å². The quantitative estimate of drug-likeness (QED) is 0.438. The van der Waals surface area contributed by atoms with Gasteiger partial charge >= 0.3 is 0 Å². The largest absolute Gasteiger partial charge is 0.399 e. The molecule has 0 radical (unpaired) electrons. The number of nitrogens with zero attached hydrogens (tertiary/aromatic N) is 3. The summed E-state index contributed by atoms with van der Waals surface area (Å²) >= 11 is 11.9. The summed E-state index contributed by atoms with van der Waals surface area (Å²) < 4.78 is 0. The molecule has 6 nitrogen and oxygen atoms in total. The molecule has 0 atom stereocenters. The van der Waals surface area contributed by atoms with Crippen molar-refractivity contribution in [2.45, 2.75) is 19.4 Å². The second-order valence-electron chi connectivity index (χ2n) is 5.85. The number of aromatic nitrogens is 3. The van der Waals surface area contributed by atoms with E-state index < -0.39 is 0 Å². The van der Waals surface area contributed by atoms with E-state index in [-0.39, 0.29) is 5.28 Å². The van der Waals surface area contributed by atoms with E-state index in [1.807, 2.05) is 24.4 Å². The average Bonchev–Trinajstić information content (AvgIpc) is 2.62. The lowest BCUT2D eigenvalue weighted by molar-refractivity contribution is 0.947. The lowest BCUT2D eigenvalue weighted by Crippen LogP contribution is -2.05. The number of nitrogens with one attached hydrogen (secondary N) is 1. The van der Waals surface area contributed by atoms with Crippen LogP contribution in [-0.4, -0.2) is 15.0 Å². The Morgan fingerprint density at radius 3 is 2.62 bits per heavy atom. The van der Waals surface area contributed by atoms with Crippen molar-refractivity contribution in [3.63, 3.8) is 0 Å². The molecule has 0 unspecified atom stereocenters.